The Morgan fingerprint density at radius 2 is 1.75 bits per heavy atom. The maximum absolute atomic E-state index is 12.9. The molecule has 11 nitrogen and oxygen atoms in total. The molecule has 158 valence electrons. The number of likely N-dealkylation sites (tertiary alicyclic amines) is 1. The molecule has 1 fully saturated rings. The normalized spacial score (nSPS) is 18.4. The minimum atomic E-state index is -1.59. The first-order valence-corrected chi connectivity index (χ1v) is 9.11. The lowest BCUT2D eigenvalue weighted by Crippen LogP contribution is -2.56. The van der Waals surface area contributed by atoms with Gasteiger partial charge in [0.1, 0.15) is 18.1 Å². The number of aliphatic carboxylic acids is 2. The highest BCUT2D eigenvalue weighted by Crippen LogP contribution is 2.20. The van der Waals surface area contributed by atoms with Crippen LogP contribution in [0, 0.1) is 5.92 Å². The van der Waals surface area contributed by atoms with Crippen molar-refractivity contribution in [2.75, 3.05) is 13.1 Å². The lowest BCUT2D eigenvalue weighted by atomic mass is 10.0. The van der Waals surface area contributed by atoms with Crippen molar-refractivity contribution in [1.29, 1.82) is 0 Å². The zero-order chi connectivity index (χ0) is 21.4. The molecule has 0 spiro atoms. The van der Waals surface area contributed by atoms with Gasteiger partial charge in [-0.3, -0.25) is 19.2 Å². The van der Waals surface area contributed by atoms with Crippen LogP contribution in [-0.2, 0) is 24.0 Å². The van der Waals surface area contributed by atoms with E-state index >= 15 is 0 Å². The first-order chi connectivity index (χ1) is 13.1. The summed E-state index contributed by atoms with van der Waals surface area (Å²) in [6.07, 6.45) is 0.423. The third kappa shape index (κ3) is 6.80. The van der Waals surface area contributed by atoms with Crippen LogP contribution in [0.15, 0.2) is 0 Å². The molecule has 0 radical (unpaired) electrons. The fourth-order valence-corrected chi connectivity index (χ4v) is 3.09. The lowest BCUT2D eigenvalue weighted by molar-refractivity contribution is -0.148. The highest BCUT2D eigenvalue weighted by atomic mass is 16.4. The molecule has 28 heavy (non-hydrogen) atoms. The van der Waals surface area contributed by atoms with E-state index in [0.29, 0.717) is 19.3 Å². The number of nitrogens with one attached hydrogen (secondary N) is 2. The second kappa shape index (κ2) is 10.6. The van der Waals surface area contributed by atoms with E-state index in [1.165, 1.54) is 4.90 Å². The van der Waals surface area contributed by atoms with E-state index in [9.17, 15) is 24.0 Å². The zero-order valence-corrected chi connectivity index (χ0v) is 16.0. The average Bonchev–Trinajstić information content (AvgIpc) is 3.08. The summed E-state index contributed by atoms with van der Waals surface area (Å²) in [5, 5.41) is 22.6. The van der Waals surface area contributed by atoms with Crippen LogP contribution in [0.5, 0.6) is 0 Å². The van der Waals surface area contributed by atoms with Gasteiger partial charge in [0.2, 0.25) is 17.7 Å². The van der Waals surface area contributed by atoms with Gasteiger partial charge in [-0.05, 0) is 25.2 Å². The Morgan fingerprint density at radius 1 is 1.11 bits per heavy atom. The van der Waals surface area contributed by atoms with Gasteiger partial charge in [0.05, 0.1) is 13.0 Å². The second-order valence-electron chi connectivity index (χ2n) is 7.14. The van der Waals surface area contributed by atoms with Crippen molar-refractivity contribution in [2.45, 2.75) is 57.7 Å². The predicted octanol–water partition coefficient (Wildman–Crippen LogP) is -1.49. The van der Waals surface area contributed by atoms with Crippen LogP contribution in [0.2, 0.25) is 0 Å². The van der Waals surface area contributed by atoms with Crippen LogP contribution in [0.1, 0.15) is 39.5 Å². The average molecular weight is 400 g/mol. The van der Waals surface area contributed by atoms with Crippen molar-refractivity contribution in [3.8, 4) is 0 Å². The van der Waals surface area contributed by atoms with Gasteiger partial charge < -0.3 is 31.5 Å². The van der Waals surface area contributed by atoms with E-state index in [4.69, 9.17) is 15.9 Å². The summed E-state index contributed by atoms with van der Waals surface area (Å²) in [6, 6.07) is -3.36. The Balaban J connectivity index is 2.91. The van der Waals surface area contributed by atoms with E-state index in [0.717, 1.165) is 0 Å². The Morgan fingerprint density at radius 3 is 2.25 bits per heavy atom. The number of carboxylic acids is 2. The summed E-state index contributed by atoms with van der Waals surface area (Å²) in [6.45, 7) is 3.76. The van der Waals surface area contributed by atoms with Crippen molar-refractivity contribution in [3.63, 3.8) is 0 Å². The van der Waals surface area contributed by atoms with Gasteiger partial charge in [0.25, 0.3) is 0 Å². The van der Waals surface area contributed by atoms with Gasteiger partial charge in [-0.15, -0.1) is 0 Å². The summed E-state index contributed by atoms with van der Waals surface area (Å²) in [5.74, 6) is -4.42. The molecule has 0 saturated carbocycles. The maximum atomic E-state index is 12.9. The quantitative estimate of drug-likeness (QED) is 0.294. The number of carbonyl (C=O) groups is 5. The monoisotopic (exact) mass is 400 g/mol. The molecule has 0 aliphatic carbocycles. The van der Waals surface area contributed by atoms with Crippen molar-refractivity contribution >= 4 is 29.7 Å². The summed E-state index contributed by atoms with van der Waals surface area (Å²) in [4.78, 5) is 60.3. The summed E-state index contributed by atoms with van der Waals surface area (Å²) in [5.41, 5.74) is 5.30. The van der Waals surface area contributed by atoms with Crippen LogP contribution in [0.25, 0.3) is 0 Å². The molecule has 0 unspecified atom stereocenters. The highest BCUT2D eigenvalue weighted by Gasteiger charge is 2.39. The fourth-order valence-electron chi connectivity index (χ4n) is 3.09. The van der Waals surface area contributed by atoms with Gasteiger partial charge in [-0.25, -0.2) is 4.79 Å². The third-order valence-corrected chi connectivity index (χ3v) is 4.36. The molecule has 0 aromatic heterocycles. The topological polar surface area (TPSA) is 179 Å². The molecule has 1 heterocycles. The molecule has 0 aromatic rings. The number of nitrogens with zero attached hydrogens (tertiary/aromatic N) is 1. The number of carboxylic acid groups (broad SMARTS) is 2. The van der Waals surface area contributed by atoms with Gasteiger partial charge in [-0.2, -0.15) is 0 Å². The van der Waals surface area contributed by atoms with E-state index in [1.54, 1.807) is 0 Å². The molecule has 1 aliphatic heterocycles. The molecule has 6 N–H and O–H groups in total. The number of hydrogen-bond donors (Lipinski definition) is 5. The van der Waals surface area contributed by atoms with E-state index in [-0.39, 0.29) is 19.0 Å². The minimum absolute atomic E-state index is 0.0915. The highest BCUT2D eigenvalue weighted by molar-refractivity contribution is 5.94. The number of amides is 3. The number of hydrogen-bond acceptors (Lipinski definition) is 6. The lowest BCUT2D eigenvalue weighted by Gasteiger charge is -2.30. The molecular formula is C17H28N4O7. The van der Waals surface area contributed by atoms with Gasteiger partial charge in [0.15, 0.2) is 0 Å². The van der Waals surface area contributed by atoms with Crippen molar-refractivity contribution in [2.24, 2.45) is 11.7 Å². The first-order valence-electron chi connectivity index (χ1n) is 9.11. The van der Waals surface area contributed by atoms with Crippen LogP contribution in [0.4, 0.5) is 0 Å². The Labute approximate surface area is 162 Å². The van der Waals surface area contributed by atoms with Gasteiger partial charge in [-0.1, -0.05) is 13.8 Å². The number of nitrogens with two attached hydrogens (primary N) is 1. The number of rotatable bonds is 10. The first kappa shape index (κ1) is 23.3. The molecule has 3 amide bonds. The summed E-state index contributed by atoms with van der Waals surface area (Å²) in [7, 11) is 0. The molecule has 1 rings (SSSR count). The smallest absolute Gasteiger partial charge is 0.326 e. The largest absolute Gasteiger partial charge is 0.481 e. The minimum Gasteiger partial charge on any atom is -0.481 e. The Kier molecular flexibility index (Phi) is 8.83. The van der Waals surface area contributed by atoms with E-state index < -0.39 is 54.2 Å². The number of carbonyl (C=O) groups excluding carboxylic acids is 3. The molecule has 3 atom stereocenters. The molecule has 0 bridgehead atoms. The fraction of sp³-hybridized carbons (Fsp3) is 0.706. The standard InChI is InChI=1S/C17H28N4O7/c1-9(2)6-10(19-13(22)8-18)16(26)21-5-3-4-12(21)15(25)20-11(17(27)28)7-14(23)24/h9-12H,3-8,18H2,1-2H3,(H,19,22)(H,20,25)(H,23,24)(H,27,28)/t10-,11-,12-/m0/s1. The second-order valence-corrected chi connectivity index (χ2v) is 7.14. The SMILES string of the molecule is CC(C)C[C@H](NC(=O)CN)C(=O)N1CCC[C@H]1C(=O)N[C@@H](CC(=O)O)C(=O)O. The molecular weight excluding hydrogens is 372 g/mol. The van der Waals surface area contributed by atoms with Crippen molar-refractivity contribution in [1.82, 2.24) is 15.5 Å². The molecule has 1 aliphatic rings. The summed E-state index contributed by atoms with van der Waals surface area (Å²) >= 11 is 0. The maximum Gasteiger partial charge on any atom is 0.326 e. The predicted molar refractivity (Wildman–Crippen MR) is 97.0 cm³/mol. The van der Waals surface area contributed by atoms with Crippen molar-refractivity contribution < 1.29 is 34.2 Å². The van der Waals surface area contributed by atoms with Crippen LogP contribution in [0.3, 0.4) is 0 Å². The third-order valence-electron chi connectivity index (χ3n) is 4.36. The van der Waals surface area contributed by atoms with Crippen LogP contribution < -0.4 is 16.4 Å². The van der Waals surface area contributed by atoms with Gasteiger partial charge >= 0.3 is 11.9 Å². The van der Waals surface area contributed by atoms with Crippen LogP contribution in [-0.4, -0.2) is 76.0 Å². The van der Waals surface area contributed by atoms with Gasteiger partial charge in [0, 0.05) is 6.54 Å². The summed E-state index contributed by atoms with van der Waals surface area (Å²) < 4.78 is 0. The van der Waals surface area contributed by atoms with E-state index in [2.05, 4.69) is 10.6 Å². The molecule has 0 aromatic carbocycles. The Bertz CT molecular complexity index is 623. The molecule has 1 saturated heterocycles. The zero-order valence-electron chi connectivity index (χ0n) is 16.0. The van der Waals surface area contributed by atoms with Crippen molar-refractivity contribution in [3.05, 3.63) is 0 Å². The van der Waals surface area contributed by atoms with Crippen LogP contribution >= 0.6 is 0 Å². The molecule has 11 heteroatoms. The van der Waals surface area contributed by atoms with E-state index in [1.807, 2.05) is 13.8 Å². The Hall–Kier alpha value is -2.69.